The molecular weight excluding hydrogens is 436 g/mol. The molecule has 5 nitrogen and oxygen atoms in total. The van der Waals surface area contributed by atoms with E-state index in [1.165, 1.54) is 109 Å². The quantitative estimate of drug-likeness (QED) is 0.107. The van der Waals surface area contributed by atoms with Gasteiger partial charge in [-0.25, -0.2) is 0 Å². The molecular formula is C30H64N2O3. The highest BCUT2D eigenvalue weighted by molar-refractivity contribution is 5.63. The summed E-state index contributed by atoms with van der Waals surface area (Å²) in [6.45, 7) is 5.49. The van der Waals surface area contributed by atoms with Crippen molar-refractivity contribution in [2.75, 3.05) is 40.3 Å². The predicted molar refractivity (Wildman–Crippen MR) is 150 cm³/mol. The zero-order chi connectivity index (χ0) is 26.5. The Bertz CT molecular complexity index is 406. The number of nitrogens with two attached hydrogens (primary N) is 1. The number of hydrogen-bond acceptors (Lipinski definition) is 4. The van der Waals surface area contributed by atoms with E-state index < -0.39 is 5.97 Å². The Morgan fingerprint density at radius 3 is 1.29 bits per heavy atom. The minimum atomic E-state index is -0.901. The Hall–Kier alpha value is -0.650. The molecule has 0 unspecified atom stereocenters. The lowest BCUT2D eigenvalue weighted by molar-refractivity contribution is -0.890. The summed E-state index contributed by atoms with van der Waals surface area (Å²) in [6.07, 6.45) is 27.7. The molecule has 35 heavy (non-hydrogen) atoms. The largest absolute Gasteiger partial charge is 0.550 e. The van der Waals surface area contributed by atoms with Crippen LogP contribution in [0.5, 0.6) is 0 Å². The van der Waals surface area contributed by atoms with Crippen LogP contribution in [0.25, 0.3) is 0 Å². The molecule has 0 rings (SSSR count). The van der Waals surface area contributed by atoms with Gasteiger partial charge in [-0.3, -0.25) is 0 Å². The van der Waals surface area contributed by atoms with E-state index in [9.17, 15) is 9.90 Å². The Kier molecular flexibility index (Phi) is 30.9. The molecule has 0 heterocycles. The van der Waals surface area contributed by atoms with Crippen molar-refractivity contribution >= 4 is 5.97 Å². The summed E-state index contributed by atoms with van der Waals surface area (Å²) < 4.78 is 0.970. The lowest BCUT2D eigenvalue weighted by Gasteiger charge is -2.29. The van der Waals surface area contributed by atoms with Gasteiger partial charge in [-0.1, -0.05) is 122 Å². The molecule has 0 saturated carbocycles. The average molecular weight is 501 g/mol. The monoisotopic (exact) mass is 500 g/mol. The molecule has 0 amide bonds. The number of aliphatic carboxylic acids is 1. The van der Waals surface area contributed by atoms with Crippen molar-refractivity contribution < 1.29 is 19.5 Å². The van der Waals surface area contributed by atoms with E-state index in [-0.39, 0.29) is 6.42 Å². The minimum Gasteiger partial charge on any atom is -0.550 e. The zero-order valence-electron chi connectivity index (χ0n) is 24.2. The number of unbranched alkanes of at least 4 members (excludes halogenated alkanes) is 18. The highest BCUT2D eigenvalue weighted by Crippen LogP contribution is 2.14. The number of rotatable bonds is 26. The normalized spacial score (nSPS) is 11.3. The van der Waals surface area contributed by atoms with Gasteiger partial charge >= 0.3 is 0 Å². The zero-order valence-corrected chi connectivity index (χ0v) is 24.2. The predicted octanol–water partition coefficient (Wildman–Crippen LogP) is 6.35. The molecule has 0 aromatic carbocycles. The van der Waals surface area contributed by atoms with E-state index in [2.05, 4.69) is 21.0 Å². The summed E-state index contributed by atoms with van der Waals surface area (Å²) in [6, 6.07) is 0. The standard InChI is InChI=1S/C22H44O2.C8H21N2O/c1-2-3-4-5-6-7-8-9-10-11-12-13-14-15-16-17-18-19-20-21-22(23)24;1-10(2,6-3-5-9)7-4-8-11/h2-21H2,1H3,(H,23,24);11H,3-9H2,1-2H3/q;+1/p-1. The third-order valence-electron chi connectivity index (χ3n) is 6.87. The second kappa shape index (κ2) is 29.6. The molecule has 0 radical (unpaired) electrons. The summed E-state index contributed by atoms with van der Waals surface area (Å²) in [5.74, 6) is -0.901. The molecule has 212 valence electrons. The van der Waals surface area contributed by atoms with E-state index in [1.807, 2.05) is 0 Å². The third kappa shape index (κ3) is 35.6. The molecule has 0 spiro atoms. The summed E-state index contributed by atoms with van der Waals surface area (Å²) in [5, 5.41) is 18.9. The first-order valence-electron chi connectivity index (χ1n) is 15.2. The highest BCUT2D eigenvalue weighted by Gasteiger charge is 2.12. The second-order valence-electron chi connectivity index (χ2n) is 11.1. The van der Waals surface area contributed by atoms with Crippen LogP contribution in [-0.4, -0.2) is 55.9 Å². The van der Waals surface area contributed by atoms with Gasteiger partial charge in [0, 0.05) is 25.4 Å². The van der Waals surface area contributed by atoms with Gasteiger partial charge in [0.2, 0.25) is 0 Å². The van der Waals surface area contributed by atoms with Gasteiger partial charge in [0.1, 0.15) is 0 Å². The van der Waals surface area contributed by atoms with Crippen molar-refractivity contribution in [1.29, 1.82) is 0 Å². The van der Waals surface area contributed by atoms with Crippen LogP contribution < -0.4 is 10.8 Å². The van der Waals surface area contributed by atoms with Crippen LogP contribution in [0, 0.1) is 0 Å². The molecule has 0 bridgehead atoms. The van der Waals surface area contributed by atoms with E-state index in [0.717, 1.165) is 49.8 Å². The molecule has 0 saturated heterocycles. The SMILES string of the molecule is CCCCCCCCCCCCCCCCCCCCCC(=O)[O-].C[N+](C)(CCCN)CCCO. The number of quaternary nitrogens is 1. The number of nitrogens with zero attached hydrogens (tertiary/aromatic N) is 1. The molecule has 3 N–H and O–H groups in total. The number of carbonyl (C=O) groups is 1. The number of aliphatic hydroxyl groups excluding tert-OH is 1. The van der Waals surface area contributed by atoms with Crippen molar-refractivity contribution in [2.24, 2.45) is 5.73 Å². The van der Waals surface area contributed by atoms with Gasteiger partial charge in [-0.2, -0.15) is 0 Å². The van der Waals surface area contributed by atoms with Crippen molar-refractivity contribution in [3.05, 3.63) is 0 Å². The van der Waals surface area contributed by atoms with Crippen LogP contribution in [-0.2, 0) is 4.79 Å². The van der Waals surface area contributed by atoms with Gasteiger partial charge < -0.3 is 25.2 Å². The average Bonchev–Trinajstić information content (AvgIpc) is 2.83. The Morgan fingerprint density at radius 1 is 0.629 bits per heavy atom. The summed E-state index contributed by atoms with van der Waals surface area (Å²) in [4.78, 5) is 10.3. The van der Waals surface area contributed by atoms with Crippen LogP contribution >= 0.6 is 0 Å². The summed E-state index contributed by atoms with van der Waals surface area (Å²) in [5.41, 5.74) is 5.40. The van der Waals surface area contributed by atoms with Crippen LogP contribution in [0.4, 0.5) is 0 Å². The smallest absolute Gasteiger partial charge is 0.0804 e. The maximum Gasteiger partial charge on any atom is 0.0804 e. The fraction of sp³-hybridized carbons (Fsp3) is 0.967. The topological polar surface area (TPSA) is 86.4 Å². The first kappa shape index (κ1) is 36.5. The maximum absolute atomic E-state index is 10.3. The van der Waals surface area contributed by atoms with Crippen LogP contribution in [0.3, 0.4) is 0 Å². The van der Waals surface area contributed by atoms with Crippen molar-refractivity contribution in [2.45, 2.75) is 148 Å². The minimum absolute atomic E-state index is 0.235. The first-order valence-corrected chi connectivity index (χ1v) is 15.2. The van der Waals surface area contributed by atoms with E-state index in [1.54, 1.807) is 0 Å². The number of aliphatic hydroxyl groups is 1. The second-order valence-corrected chi connectivity index (χ2v) is 11.1. The van der Waals surface area contributed by atoms with Gasteiger partial charge in [0.25, 0.3) is 0 Å². The summed E-state index contributed by atoms with van der Waals surface area (Å²) >= 11 is 0. The van der Waals surface area contributed by atoms with E-state index in [4.69, 9.17) is 10.8 Å². The van der Waals surface area contributed by atoms with Crippen molar-refractivity contribution in [3.63, 3.8) is 0 Å². The first-order chi connectivity index (χ1) is 16.9. The van der Waals surface area contributed by atoms with Gasteiger partial charge in [0.15, 0.2) is 0 Å². The van der Waals surface area contributed by atoms with E-state index in [0.29, 0.717) is 6.61 Å². The van der Waals surface area contributed by atoms with Gasteiger partial charge in [-0.05, 0) is 19.4 Å². The molecule has 0 aliphatic rings. The van der Waals surface area contributed by atoms with Crippen LogP contribution in [0.1, 0.15) is 148 Å². The molecule has 5 heteroatoms. The van der Waals surface area contributed by atoms with Crippen molar-refractivity contribution in [3.8, 4) is 0 Å². The van der Waals surface area contributed by atoms with Gasteiger partial charge in [0.05, 0.1) is 27.2 Å². The molecule has 0 atom stereocenters. The summed E-state index contributed by atoms with van der Waals surface area (Å²) in [7, 11) is 4.34. The highest BCUT2D eigenvalue weighted by atomic mass is 16.4. The molecule has 0 aromatic rings. The number of carbonyl (C=O) groups excluding carboxylic acids is 1. The number of hydrogen-bond donors (Lipinski definition) is 2. The Balaban J connectivity index is 0. The number of carboxylic acids is 1. The molecule has 0 fully saturated rings. The van der Waals surface area contributed by atoms with Crippen molar-refractivity contribution in [1.82, 2.24) is 0 Å². The molecule has 0 aliphatic carbocycles. The molecule has 0 aromatic heterocycles. The van der Waals surface area contributed by atoms with Crippen LogP contribution in [0.15, 0.2) is 0 Å². The lowest BCUT2D eigenvalue weighted by atomic mass is 10.0. The van der Waals surface area contributed by atoms with Crippen LogP contribution in [0.2, 0.25) is 0 Å². The Labute approximate surface area is 219 Å². The Morgan fingerprint density at radius 2 is 0.971 bits per heavy atom. The lowest BCUT2D eigenvalue weighted by Crippen LogP contribution is -2.42. The maximum atomic E-state index is 10.3. The molecule has 0 aliphatic heterocycles. The third-order valence-corrected chi connectivity index (χ3v) is 6.87. The fourth-order valence-electron chi connectivity index (χ4n) is 4.48. The van der Waals surface area contributed by atoms with E-state index >= 15 is 0 Å². The fourth-order valence-corrected chi connectivity index (χ4v) is 4.48. The number of carboxylic acid groups (broad SMARTS) is 1. The van der Waals surface area contributed by atoms with Gasteiger partial charge in [-0.15, -0.1) is 0 Å².